The Balaban J connectivity index is 1.06. The molecule has 0 heterocycles. The van der Waals surface area contributed by atoms with Gasteiger partial charge in [-0.3, -0.25) is 0 Å². The van der Waals surface area contributed by atoms with Crippen LogP contribution in [0.5, 0.6) is 0 Å². The predicted molar refractivity (Wildman–Crippen MR) is 293 cm³/mol. The minimum absolute atomic E-state index is 0.0983. The highest BCUT2D eigenvalue weighted by molar-refractivity contribution is 6.28. The van der Waals surface area contributed by atoms with Gasteiger partial charge in [0.25, 0.3) is 0 Å². The molecule has 0 amide bonds. The number of rotatable bonds is 9. The van der Waals surface area contributed by atoms with Crippen LogP contribution in [0.3, 0.4) is 0 Å². The first-order valence-corrected chi connectivity index (χ1v) is 24.0. The minimum atomic E-state index is -1.23. The summed E-state index contributed by atoms with van der Waals surface area (Å²) in [6.07, 6.45) is 0. The van der Waals surface area contributed by atoms with E-state index in [0.29, 0.717) is 27.8 Å². The lowest BCUT2D eigenvalue weighted by molar-refractivity contribution is 0.620. The molecule has 0 fully saturated rings. The molecule has 0 saturated carbocycles. The second-order valence-electron chi connectivity index (χ2n) is 18.9. The van der Waals surface area contributed by atoms with E-state index in [1.165, 1.54) is 22.1 Å². The van der Waals surface area contributed by atoms with E-state index in [9.17, 15) is 1.37 Å². The monoisotopic (exact) mass is 938 g/mol. The van der Waals surface area contributed by atoms with Gasteiger partial charge in [0.15, 0.2) is 0 Å². The van der Waals surface area contributed by atoms with E-state index >= 15 is 13.2 Å². The maximum atomic E-state index is 17.8. The summed E-state index contributed by atoms with van der Waals surface area (Å²) < 4.78 is 87.0. The Morgan fingerprint density at radius 2 is 0.986 bits per heavy atom. The zero-order chi connectivity index (χ0) is 52.1. The molecule has 13 rings (SSSR count). The number of fused-ring (bicyclic) bond motifs is 3. The van der Waals surface area contributed by atoms with Crippen molar-refractivity contribution in [3.05, 3.63) is 265 Å². The lowest BCUT2D eigenvalue weighted by atomic mass is 9.82. The molecule has 2 nitrogen and oxygen atoms in total. The summed E-state index contributed by atoms with van der Waals surface area (Å²) in [7, 11) is 0. The third-order valence-electron chi connectivity index (χ3n) is 14.5. The molecule has 72 heavy (non-hydrogen) atoms. The summed E-state index contributed by atoms with van der Waals surface area (Å²) in [4.78, 5) is 3.40. The molecule has 0 atom stereocenters. The minimum Gasteiger partial charge on any atom is -0.310 e. The lowest BCUT2D eigenvalue weighted by Crippen LogP contribution is -2.15. The van der Waals surface area contributed by atoms with Gasteiger partial charge in [0, 0.05) is 33.1 Å². The lowest BCUT2D eigenvalue weighted by Gasteiger charge is -2.31. The predicted octanol–water partition coefficient (Wildman–Crippen LogP) is 19.2. The van der Waals surface area contributed by atoms with E-state index in [1.54, 1.807) is 18.2 Å². The van der Waals surface area contributed by atoms with Crippen LogP contribution in [0.1, 0.15) is 30.5 Å². The Bertz CT molecular complexity index is 4270. The van der Waals surface area contributed by atoms with Gasteiger partial charge in [-0.05, 0) is 138 Å². The maximum absolute atomic E-state index is 17.8. The van der Waals surface area contributed by atoms with Crippen LogP contribution in [-0.4, -0.2) is 0 Å². The molecule has 1 aliphatic carbocycles. The summed E-state index contributed by atoms with van der Waals surface area (Å²) in [6.45, 7) is 4.46. The van der Waals surface area contributed by atoms with Crippen LogP contribution < -0.4 is 9.80 Å². The molecule has 0 N–H and O–H groups in total. The number of nitrogens with zero attached hydrogens (tertiary/aromatic N) is 2. The summed E-state index contributed by atoms with van der Waals surface area (Å²) >= 11 is 0. The fourth-order valence-corrected chi connectivity index (χ4v) is 11.3. The third kappa shape index (κ3) is 6.87. The first kappa shape index (κ1) is 38.9. The average molecular weight is 939 g/mol. The Kier molecular flexibility index (Phi) is 9.12. The van der Waals surface area contributed by atoms with Crippen LogP contribution in [0, 0.1) is 17.5 Å². The third-order valence-corrected chi connectivity index (χ3v) is 14.5. The van der Waals surface area contributed by atoms with Crippen molar-refractivity contribution in [1.82, 2.24) is 0 Å². The van der Waals surface area contributed by atoms with Gasteiger partial charge in [-0.1, -0.05) is 184 Å². The van der Waals surface area contributed by atoms with Gasteiger partial charge in [-0.2, -0.15) is 0 Å². The van der Waals surface area contributed by atoms with Gasteiger partial charge in [0.2, 0.25) is 0 Å². The molecule has 5 heteroatoms. The van der Waals surface area contributed by atoms with E-state index < -0.39 is 47.3 Å². The molecule has 0 spiro atoms. The largest absolute Gasteiger partial charge is 0.310 e. The van der Waals surface area contributed by atoms with Crippen LogP contribution in [0.2, 0.25) is 0 Å². The number of hydrogen-bond acceptors (Lipinski definition) is 2. The highest BCUT2D eigenvalue weighted by Gasteiger charge is 2.37. The Morgan fingerprint density at radius 1 is 0.403 bits per heavy atom. The van der Waals surface area contributed by atoms with E-state index in [-0.39, 0.29) is 16.8 Å². The number of anilines is 6. The van der Waals surface area contributed by atoms with Crippen LogP contribution in [0.4, 0.5) is 47.3 Å². The smallest absolute Gasteiger partial charge is 0.148 e. The standard InChI is InChI=1S/C67H45F3N2/c1-67(2)56-25-13-12-23-52(56)65-51(24-16-26-57(65)67)47-37-48(68)41-50(38-47)71(49-21-10-5-11-22-49)60-35-31-44-30-34-54-61(36-32-45-29-33-53(60)63(44)64(45)54)72(62-28-15-14-27-58(62)69)66-55(43-19-8-4-9-20-43)39-46(40-59(66)70)42-17-6-3-7-18-42/h3-41H,1-2H3/i14D,15D,27D,28D. The van der Waals surface area contributed by atoms with Crippen molar-refractivity contribution in [2.75, 3.05) is 9.80 Å². The van der Waals surface area contributed by atoms with E-state index in [4.69, 9.17) is 4.11 Å². The fourth-order valence-electron chi connectivity index (χ4n) is 11.3. The molecule has 0 radical (unpaired) electrons. The highest BCUT2D eigenvalue weighted by atomic mass is 19.1. The van der Waals surface area contributed by atoms with Crippen LogP contribution >= 0.6 is 0 Å². The molecule has 344 valence electrons. The van der Waals surface area contributed by atoms with Gasteiger partial charge in [-0.25, -0.2) is 13.2 Å². The van der Waals surface area contributed by atoms with Gasteiger partial charge >= 0.3 is 0 Å². The molecular weight excluding hydrogens is 890 g/mol. The van der Waals surface area contributed by atoms with Crippen LogP contribution in [0.15, 0.2) is 236 Å². The molecule has 0 aromatic heterocycles. The van der Waals surface area contributed by atoms with Crippen molar-refractivity contribution >= 4 is 66.4 Å². The summed E-state index contributed by atoms with van der Waals surface area (Å²) in [5.74, 6) is -2.36. The fraction of sp³-hybridized carbons (Fsp3) is 0.0448. The molecule has 0 saturated heterocycles. The SMILES string of the molecule is [2H]c1c([2H])c([2H])c(N(c2c(F)cc(-c3ccccc3)cc2-c2ccccc2)c2ccc3ccc4c(N(c5ccccc5)c5cc(F)cc(-c6cccc7c6-c6ccccc6C7(C)C)c5)ccc5ccc2c3c54)c(F)c1[2H]. The molecule has 0 bridgehead atoms. The van der Waals surface area contributed by atoms with E-state index in [2.05, 4.69) is 61.2 Å². The quantitative estimate of drug-likeness (QED) is 0.133. The molecule has 12 aromatic rings. The van der Waals surface area contributed by atoms with Crippen molar-refractivity contribution in [2.24, 2.45) is 0 Å². The highest BCUT2D eigenvalue weighted by Crippen LogP contribution is 2.54. The first-order valence-electron chi connectivity index (χ1n) is 26.0. The van der Waals surface area contributed by atoms with Crippen LogP contribution in [-0.2, 0) is 5.41 Å². The molecule has 1 aliphatic rings. The van der Waals surface area contributed by atoms with Crippen LogP contribution in [0.25, 0.3) is 76.8 Å². The molecular formula is C67H45F3N2. The average Bonchev–Trinajstić information content (AvgIpc) is 3.89. The second kappa shape index (κ2) is 16.9. The Morgan fingerprint density at radius 3 is 1.69 bits per heavy atom. The van der Waals surface area contributed by atoms with E-state index in [1.807, 2.05) is 146 Å². The van der Waals surface area contributed by atoms with Crippen molar-refractivity contribution in [3.8, 4) is 44.5 Å². The zero-order valence-corrected chi connectivity index (χ0v) is 39.2. The molecule has 0 unspecified atom stereocenters. The number of para-hydroxylation sites is 2. The van der Waals surface area contributed by atoms with Gasteiger partial charge in [0.1, 0.15) is 17.5 Å². The molecule has 0 aliphatic heterocycles. The van der Waals surface area contributed by atoms with Gasteiger partial charge in [-0.15, -0.1) is 0 Å². The summed E-state index contributed by atoms with van der Waals surface area (Å²) in [5.41, 5.74) is 10.1. The van der Waals surface area contributed by atoms with Crippen molar-refractivity contribution < 1.29 is 18.7 Å². The van der Waals surface area contributed by atoms with Crippen molar-refractivity contribution in [1.29, 1.82) is 0 Å². The van der Waals surface area contributed by atoms with Gasteiger partial charge in [0.05, 0.1) is 28.2 Å². The van der Waals surface area contributed by atoms with E-state index in [0.717, 1.165) is 66.1 Å². The summed E-state index contributed by atoms with van der Waals surface area (Å²) in [6, 6.07) is 64.2. The molecule has 12 aromatic carbocycles. The Hall–Kier alpha value is -8.93. The number of hydrogen-bond donors (Lipinski definition) is 0. The first-order chi connectivity index (χ1) is 36.9. The zero-order valence-electron chi connectivity index (χ0n) is 43.2. The topological polar surface area (TPSA) is 6.48 Å². The Labute approximate surface area is 422 Å². The van der Waals surface area contributed by atoms with Crippen molar-refractivity contribution in [2.45, 2.75) is 19.3 Å². The number of halogens is 3. The number of benzene rings is 12. The van der Waals surface area contributed by atoms with Gasteiger partial charge < -0.3 is 9.80 Å². The normalized spacial score (nSPS) is 13.4. The summed E-state index contributed by atoms with van der Waals surface area (Å²) in [5, 5.41) is 4.70. The van der Waals surface area contributed by atoms with Crippen molar-refractivity contribution in [3.63, 3.8) is 0 Å². The maximum Gasteiger partial charge on any atom is 0.148 e. The second-order valence-corrected chi connectivity index (χ2v) is 18.9.